The molecule has 0 aromatic heterocycles. The van der Waals surface area contributed by atoms with Crippen molar-refractivity contribution in [3.8, 4) is 0 Å². The van der Waals surface area contributed by atoms with Gasteiger partial charge in [0.05, 0.1) is 21.1 Å². The summed E-state index contributed by atoms with van der Waals surface area (Å²) in [4.78, 5) is 11.2. The zero-order valence-electron chi connectivity index (χ0n) is 11.8. The molecule has 0 saturated heterocycles. The zero-order valence-corrected chi connectivity index (χ0v) is 12.7. The number of likely N-dealkylation sites (N-methyl/N-ethyl adjacent to an activating group) is 1. The first-order valence-electron chi connectivity index (χ1n) is 5.99. The molecule has 0 radical (unpaired) electrons. The van der Waals surface area contributed by atoms with E-state index in [4.69, 9.17) is 9.26 Å². The lowest BCUT2D eigenvalue weighted by molar-refractivity contribution is -0.870. The van der Waals surface area contributed by atoms with Crippen LogP contribution in [0.1, 0.15) is 13.3 Å². The minimum Gasteiger partial charge on any atom is -0.458 e. The largest absolute Gasteiger partial charge is 0.511 e. The Balaban J connectivity index is 3.66. The molecule has 6 heteroatoms. The van der Waals surface area contributed by atoms with Crippen LogP contribution in [-0.4, -0.2) is 57.5 Å². The molecule has 0 aliphatic heterocycles. The summed E-state index contributed by atoms with van der Waals surface area (Å²) >= 11 is 0. The van der Waals surface area contributed by atoms with Crippen molar-refractivity contribution in [2.45, 2.75) is 13.3 Å². The van der Waals surface area contributed by atoms with Gasteiger partial charge >= 0.3 is 14.0 Å². The van der Waals surface area contributed by atoms with E-state index in [0.29, 0.717) is 18.6 Å². The van der Waals surface area contributed by atoms with E-state index >= 15 is 0 Å². The number of hydrogen-bond donors (Lipinski definition) is 0. The number of hydrogen-bond acceptors (Lipinski definition) is 4. The normalized spacial score (nSPS) is 12.1. The molecule has 1 atom stereocenters. The molecule has 0 aromatic carbocycles. The van der Waals surface area contributed by atoms with Crippen LogP contribution in [0.5, 0.6) is 0 Å². The molecule has 0 aliphatic rings. The van der Waals surface area contributed by atoms with Gasteiger partial charge in [0, 0.05) is 5.57 Å². The maximum Gasteiger partial charge on any atom is 0.511 e. The molecule has 0 aliphatic carbocycles. The Hall–Kier alpha value is -0.770. The van der Waals surface area contributed by atoms with Crippen molar-refractivity contribution in [2.75, 3.05) is 47.1 Å². The maximum atomic E-state index is 11.5. The quantitative estimate of drug-likeness (QED) is 0.280. The molecule has 0 amide bonds. The second-order valence-corrected chi connectivity index (χ2v) is 6.37. The second-order valence-electron chi connectivity index (χ2n) is 5.00. The lowest BCUT2D eigenvalue weighted by Crippen LogP contribution is -2.37. The number of nitrogens with zero attached hydrogens (tertiary/aromatic N) is 1. The summed E-state index contributed by atoms with van der Waals surface area (Å²) in [5.74, 6) is -0.424. The summed E-state index contributed by atoms with van der Waals surface area (Å²) in [6.45, 7) is 6.73. The average Bonchev–Trinajstić information content (AvgIpc) is 2.26. The van der Waals surface area contributed by atoms with Gasteiger partial charge in [-0.3, -0.25) is 0 Å². The van der Waals surface area contributed by atoms with E-state index < -0.39 is 14.0 Å². The van der Waals surface area contributed by atoms with Crippen molar-refractivity contribution in [3.63, 3.8) is 0 Å². The van der Waals surface area contributed by atoms with Gasteiger partial charge in [-0.25, -0.2) is 4.79 Å². The zero-order chi connectivity index (χ0) is 14.2. The summed E-state index contributed by atoms with van der Waals surface area (Å²) in [5.41, 5.74) is 0.427. The fourth-order valence-electron chi connectivity index (χ4n) is 0.940. The van der Waals surface area contributed by atoms with Crippen LogP contribution in [0.3, 0.4) is 0 Å². The van der Waals surface area contributed by atoms with E-state index in [0.717, 1.165) is 11.0 Å². The summed E-state index contributed by atoms with van der Waals surface area (Å²) in [6.07, 6.45) is 0.792. The Morgan fingerprint density at radius 3 is 2.39 bits per heavy atom. The molecule has 0 heterocycles. The second kappa shape index (κ2) is 8.35. The number of ether oxygens (including phenoxy) is 1. The Labute approximate surface area is 110 Å². The van der Waals surface area contributed by atoms with E-state index in [1.807, 2.05) is 28.1 Å². The highest BCUT2D eigenvalue weighted by molar-refractivity contribution is 7.39. The average molecular weight is 277 g/mol. The van der Waals surface area contributed by atoms with Crippen LogP contribution in [0.25, 0.3) is 0 Å². The fourth-order valence-corrected chi connectivity index (χ4v) is 1.60. The van der Waals surface area contributed by atoms with Gasteiger partial charge in [0.1, 0.15) is 13.2 Å². The highest BCUT2D eigenvalue weighted by atomic mass is 31.1. The molecule has 18 heavy (non-hydrogen) atoms. The number of esters is 1. The first kappa shape index (κ1) is 17.2. The van der Waals surface area contributed by atoms with Crippen molar-refractivity contribution in [1.29, 1.82) is 0 Å². The van der Waals surface area contributed by atoms with Gasteiger partial charge in [-0.15, -0.1) is 4.52 Å². The lowest BCUT2D eigenvalue weighted by atomic mass is 10.2. The lowest BCUT2D eigenvalue weighted by Gasteiger charge is -2.21. The molecule has 0 rings (SSSR count). The van der Waals surface area contributed by atoms with Crippen LogP contribution in [0.15, 0.2) is 12.2 Å². The van der Waals surface area contributed by atoms with Crippen LogP contribution in [-0.2, 0) is 18.6 Å². The Morgan fingerprint density at radius 2 is 1.89 bits per heavy atom. The van der Waals surface area contributed by atoms with Crippen molar-refractivity contribution in [3.05, 3.63) is 12.2 Å². The van der Waals surface area contributed by atoms with Crippen molar-refractivity contribution in [1.82, 2.24) is 0 Å². The Morgan fingerprint density at radius 1 is 1.28 bits per heavy atom. The highest BCUT2D eigenvalue weighted by Gasteiger charge is 2.20. The topological polar surface area (TPSA) is 52.6 Å². The van der Waals surface area contributed by atoms with Crippen molar-refractivity contribution >= 4 is 14.0 Å². The Bertz CT molecular complexity index is 310. The molecular formula is C12H24NO4P+2. The molecule has 0 spiro atoms. The van der Waals surface area contributed by atoms with Gasteiger partial charge in [-0.05, 0) is 11.0 Å². The standard InChI is InChI=1S/C12H24NO4P/c1-6-11(2)12(14)16-9-10-18(15)17-8-7-13(3,4)5/h2,6-10H2,1,3-5H3/q+2. The van der Waals surface area contributed by atoms with Gasteiger partial charge in [-0.2, -0.15) is 0 Å². The van der Waals surface area contributed by atoms with Crippen LogP contribution in [0.2, 0.25) is 0 Å². The SMILES string of the molecule is C=C(CC)C(=O)OCC[P+](=O)OCC[N+](C)(C)C. The van der Waals surface area contributed by atoms with E-state index in [1.54, 1.807) is 0 Å². The molecule has 5 nitrogen and oxygen atoms in total. The molecule has 0 N–H and O–H groups in total. The molecule has 104 valence electrons. The van der Waals surface area contributed by atoms with Crippen LogP contribution < -0.4 is 0 Å². The van der Waals surface area contributed by atoms with Gasteiger partial charge in [-0.1, -0.05) is 13.5 Å². The molecule has 0 aromatic rings. The monoisotopic (exact) mass is 277 g/mol. The van der Waals surface area contributed by atoms with Crippen LogP contribution in [0.4, 0.5) is 0 Å². The van der Waals surface area contributed by atoms with E-state index in [2.05, 4.69) is 6.58 Å². The number of quaternary nitrogens is 1. The fraction of sp³-hybridized carbons (Fsp3) is 0.750. The molecule has 0 saturated carbocycles. The molecule has 0 bridgehead atoms. The van der Waals surface area contributed by atoms with Crippen LogP contribution in [0, 0.1) is 0 Å². The summed E-state index contributed by atoms with van der Waals surface area (Å²) in [6, 6.07) is 0. The van der Waals surface area contributed by atoms with E-state index in [1.165, 1.54) is 0 Å². The summed E-state index contributed by atoms with van der Waals surface area (Å²) < 4.78 is 22.3. The molecule has 1 unspecified atom stereocenters. The predicted molar refractivity (Wildman–Crippen MR) is 71.7 cm³/mol. The minimum absolute atomic E-state index is 0.109. The van der Waals surface area contributed by atoms with Crippen molar-refractivity contribution < 1.29 is 23.1 Å². The summed E-state index contributed by atoms with van der Waals surface area (Å²) in [5, 5.41) is 0. The third-order valence-corrected chi connectivity index (χ3v) is 3.24. The van der Waals surface area contributed by atoms with Gasteiger partial charge < -0.3 is 9.22 Å². The Kier molecular flexibility index (Phi) is 8.00. The van der Waals surface area contributed by atoms with Crippen LogP contribution >= 0.6 is 8.03 Å². The van der Waals surface area contributed by atoms with Gasteiger partial charge in [0.2, 0.25) is 6.16 Å². The van der Waals surface area contributed by atoms with E-state index in [9.17, 15) is 9.36 Å². The number of rotatable bonds is 9. The highest BCUT2D eigenvalue weighted by Crippen LogP contribution is 2.21. The third kappa shape index (κ3) is 9.28. The maximum absolute atomic E-state index is 11.5. The minimum atomic E-state index is -1.75. The van der Waals surface area contributed by atoms with Gasteiger partial charge in [0.25, 0.3) is 0 Å². The first-order valence-corrected chi connectivity index (χ1v) is 7.35. The summed E-state index contributed by atoms with van der Waals surface area (Å²) in [7, 11) is 4.35. The molecule has 0 fully saturated rings. The first-order chi connectivity index (χ1) is 8.26. The van der Waals surface area contributed by atoms with Crippen molar-refractivity contribution in [2.24, 2.45) is 0 Å². The predicted octanol–water partition coefficient (Wildman–Crippen LogP) is 1.96. The third-order valence-electron chi connectivity index (χ3n) is 2.22. The number of carbonyl (C=O) groups excluding carboxylic acids is 1. The smallest absolute Gasteiger partial charge is 0.458 e. The van der Waals surface area contributed by atoms with E-state index in [-0.39, 0.29) is 12.8 Å². The number of carbonyl (C=O) groups is 1. The van der Waals surface area contributed by atoms with Gasteiger partial charge in [0.15, 0.2) is 6.61 Å². The molecular weight excluding hydrogens is 253 g/mol.